The lowest BCUT2D eigenvalue weighted by molar-refractivity contribution is 0.0147. The van der Waals surface area contributed by atoms with E-state index in [2.05, 4.69) is 20.9 Å². The highest BCUT2D eigenvalue weighted by Gasteiger charge is 2.31. The number of para-hydroxylation sites is 2. The van der Waals surface area contributed by atoms with Gasteiger partial charge in [0, 0.05) is 20.0 Å². The van der Waals surface area contributed by atoms with Gasteiger partial charge < -0.3 is 15.0 Å². The summed E-state index contributed by atoms with van der Waals surface area (Å²) in [5, 5.41) is 13.8. The van der Waals surface area contributed by atoms with Crippen molar-refractivity contribution < 1.29 is 5.11 Å². The van der Waals surface area contributed by atoms with E-state index in [1.165, 1.54) is 0 Å². The Bertz CT molecular complexity index is 555. The maximum absolute atomic E-state index is 10.6. The van der Waals surface area contributed by atoms with Gasteiger partial charge in [-0.3, -0.25) is 0 Å². The second-order valence-electron chi connectivity index (χ2n) is 5.26. The van der Waals surface area contributed by atoms with Crippen molar-refractivity contribution in [2.75, 3.05) is 13.1 Å². The first-order valence-electron chi connectivity index (χ1n) is 6.51. The topological polar surface area (TPSA) is 50.1 Å². The highest BCUT2D eigenvalue weighted by Crippen LogP contribution is 2.23. The summed E-state index contributed by atoms with van der Waals surface area (Å²) < 4.78 is 2.09. The van der Waals surface area contributed by atoms with Gasteiger partial charge in [-0.15, -0.1) is 0 Å². The molecular weight excluding hydrogens is 226 g/mol. The number of imidazole rings is 1. The Kier molecular flexibility index (Phi) is 2.84. The summed E-state index contributed by atoms with van der Waals surface area (Å²) in [6.45, 7) is 1.67. The Hall–Kier alpha value is -1.39. The summed E-state index contributed by atoms with van der Waals surface area (Å²) in [6, 6.07) is 8.09. The zero-order valence-corrected chi connectivity index (χ0v) is 10.7. The number of hydrogen-bond acceptors (Lipinski definition) is 3. The predicted octanol–water partition coefficient (Wildman–Crippen LogP) is 1.23. The number of aliphatic hydroxyl groups is 1. The molecular formula is C14H19N3O. The summed E-state index contributed by atoms with van der Waals surface area (Å²) in [7, 11) is 2.02. The molecule has 0 bridgehead atoms. The zero-order valence-electron chi connectivity index (χ0n) is 10.7. The molecule has 1 aromatic heterocycles. The quantitative estimate of drug-likeness (QED) is 0.836. The summed E-state index contributed by atoms with van der Waals surface area (Å²) in [5.41, 5.74) is 1.48. The van der Waals surface area contributed by atoms with Crippen LogP contribution in [0.4, 0.5) is 0 Å². The maximum atomic E-state index is 10.6. The van der Waals surface area contributed by atoms with Crippen molar-refractivity contribution in [3.8, 4) is 0 Å². The summed E-state index contributed by atoms with van der Waals surface area (Å²) >= 11 is 0. The third-order valence-corrected chi connectivity index (χ3v) is 3.82. The monoisotopic (exact) mass is 245 g/mol. The van der Waals surface area contributed by atoms with Crippen LogP contribution >= 0.6 is 0 Å². The van der Waals surface area contributed by atoms with Crippen LogP contribution in [0.2, 0.25) is 0 Å². The zero-order chi connectivity index (χ0) is 12.6. The van der Waals surface area contributed by atoms with Crippen molar-refractivity contribution in [2.24, 2.45) is 7.05 Å². The smallest absolute Gasteiger partial charge is 0.112 e. The molecule has 0 saturated carbocycles. The highest BCUT2D eigenvalue weighted by molar-refractivity contribution is 5.75. The Morgan fingerprint density at radius 1 is 1.44 bits per heavy atom. The van der Waals surface area contributed by atoms with Crippen molar-refractivity contribution in [1.82, 2.24) is 14.9 Å². The lowest BCUT2D eigenvalue weighted by Crippen LogP contribution is -2.47. The van der Waals surface area contributed by atoms with Crippen LogP contribution in [0.5, 0.6) is 0 Å². The number of piperidine rings is 1. The van der Waals surface area contributed by atoms with Crippen molar-refractivity contribution in [3.05, 3.63) is 30.1 Å². The van der Waals surface area contributed by atoms with E-state index in [4.69, 9.17) is 0 Å². The van der Waals surface area contributed by atoms with Crippen LogP contribution in [0.3, 0.4) is 0 Å². The van der Waals surface area contributed by atoms with Crippen LogP contribution in [0, 0.1) is 0 Å². The first-order valence-corrected chi connectivity index (χ1v) is 6.51. The number of hydrogen-bond donors (Lipinski definition) is 2. The van der Waals surface area contributed by atoms with E-state index in [9.17, 15) is 5.11 Å². The molecule has 1 aliphatic heterocycles. The largest absolute Gasteiger partial charge is 0.388 e. The third-order valence-electron chi connectivity index (χ3n) is 3.82. The number of nitrogens with zero attached hydrogens (tertiary/aromatic N) is 2. The Morgan fingerprint density at radius 3 is 3.00 bits per heavy atom. The molecule has 1 aromatic carbocycles. The van der Waals surface area contributed by atoms with Gasteiger partial charge in [0.05, 0.1) is 16.6 Å². The molecule has 1 atom stereocenters. The Balaban J connectivity index is 1.92. The van der Waals surface area contributed by atoms with E-state index in [0.29, 0.717) is 13.0 Å². The number of nitrogens with one attached hydrogen (secondary N) is 1. The fraction of sp³-hybridized carbons (Fsp3) is 0.500. The number of aromatic nitrogens is 2. The SMILES string of the molecule is Cn1c(CC2(O)CCCNC2)nc2ccccc21. The third kappa shape index (κ3) is 2.02. The molecule has 0 amide bonds. The average Bonchev–Trinajstić information content (AvgIpc) is 2.67. The van der Waals surface area contributed by atoms with Crippen LogP contribution < -0.4 is 5.32 Å². The first-order chi connectivity index (χ1) is 8.68. The molecule has 1 fully saturated rings. The minimum atomic E-state index is -0.645. The first kappa shape index (κ1) is 11.7. The van der Waals surface area contributed by atoms with E-state index < -0.39 is 5.60 Å². The molecule has 0 spiro atoms. The van der Waals surface area contributed by atoms with Gasteiger partial charge in [0.2, 0.25) is 0 Å². The van der Waals surface area contributed by atoms with Gasteiger partial charge in [-0.05, 0) is 31.5 Å². The number of benzene rings is 1. The Labute approximate surface area is 107 Å². The average molecular weight is 245 g/mol. The summed E-state index contributed by atoms with van der Waals surface area (Å²) in [6.07, 6.45) is 2.49. The fourth-order valence-corrected chi connectivity index (χ4v) is 2.75. The molecule has 1 saturated heterocycles. The second kappa shape index (κ2) is 4.37. The van der Waals surface area contributed by atoms with Gasteiger partial charge in [0.25, 0.3) is 0 Å². The molecule has 2 aromatic rings. The van der Waals surface area contributed by atoms with Crippen molar-refractivity contribution in [3.63, 3.8) is 0 Å². The molecule has 2 N–H and O–H groups in total. The van der Waals surface area contributed by atoms with Gasteiger partial charge in [-0.2, -0.15) is 0 Å². The van der Waals surface area contributed by atoms with Crippen LogP contribution in [0.15, 0.2) is 24.3 Å². The Morgan fingerprint density at radius 2 is 2.28 bits per heavy atom. The lowest BCUT2D eigenvalue weighted by Gasteiger charge is -2.32. The minimum Gasteiger partial charge on any atom is -0.388 e. The van der Waals surface area contributed by atoms with Crippen LogP contribution in [0.1, 0.15) is 18.7 Å². The van der Waals surface area contributed by atoms with Crippen LogP contribution in [-0.2, 0) is 13.5 Å². The van der Waals surface area contributed by atoms with Gasteiger partial charge in [0.1, 0.15) is 5.82 Å². The molecule has 1 unspecified atom stereocenters. The molecule has 1 aliphatic rings. The minimum absolute atomic E-state index is 0.616. The van der Waals surface area contributed by atoms with Gasteiger partial charge in [0.15, 0.2) is 0 Å². The molecule has 2 heterocycles. The van der Waals surface area contributed by atoms with Crippen LogP contribution in [-0.4, -0.2) is 33.3 Å². The molecule has 0 radical (unpaired) electrons. The molecule has 4 heteroatoms. The number of fused-ring (bicyclic) bond motifs is 1. The van der Waals surface area contributed by atoms with E-state index in [1.54, 1.807) is 0 Å². The van der Waals surface area contributed by atoms with Crippen molar-refractivity contribution in [2.45, 2.75) is 24.9 Å². The number of β-amino-alcohol motifs (C(OH)–C–C–N with tert-alkyl or cyclic N) is 1. The standard InChI is InChI=1S/C14H19N3O/c1-17-12-6-3-2-5-11(12)16-13(17)9-14(18)7-4-8-15-10-14/h2-3,5-6,15,18H,4,7-10H2,1H3. The number of rotatable bonds is 2. The molecule has 18 heavy (non-hydrogen) atoms. The van der Waals surface area contributed by atoms with Gasteiger partial charge in [-0.25, -0.2) is 4.98 Å². The van der Waals surface area contributed by atoms with Crippen molar-refractivity contribution >= 4 is 11.0 Å². The van der Waals surface area contributed by atoms with E-state index in [-0.39, 0.29) is 0 Å². The van der Waals surface area contributed by atoms with Gasteiger partial charge in [-0.1, -0.05) is 12.1 Å². The summed E-state index contributed by atoms with van der Waals surface area (Å²) in [4.78, 5) is 4.63. The van der Waals surface area contributed by atoms with E-state index in [1.807, 2.05) is 25.2 Å². The molecule has 96 valence electrons. The normalized spacial score (nSPS) is 24.6. The molecule has 0 aliphatic carbocycles. The van der Waals surface area contributed by atoms with Gasteiger partial charge >= 0.3 is 0 Å². The predicted molar refractivity (Wildman–Crippen MR) is 71.5 cm³/mol. The maximum Gasteiger partial charge on any atom is 0.112 e. The number of aryl methyl sites for hydroxylation is 1. The van der Waals surface area contributed by atoms with E-state index >= 15 is 0 Å². The lowest BCUT2D eigenvalue weighted by atomic mass is 9.90. The van der Waals surface area contributed by atoms with Crippen LogP contribution in [0.25, 0.3) is 11.0 Å². The highest BCUT2D eigenvalue weighted by atomic mass is 16.3. The fourth-order valence-electron chi connectivity index (χ4n) is 2.75. The molecule has 4 nitrogen and oxygen atoms in total. The van der Waals surface area contributed by atoms with Crippen molar-refractivity contribution in [1.29, 1.82) is 0 Å². The van der Waals surface area contributed by atoms with E-state index in [0.717, 1.165) is 36.2 Å². The molecule has 3 rings (SSSR count). The summed E-state index contributed by atoms with van der Waals surface area (Å²) in [5.74, 6) is 0.961. The second-order valence-corrected chi connectivity index (χ2v) is 5.26.